The summed E-state index contributed by atoms with van der Waals surface area (Å²) < 4.78 is 32.5. The molecule has 31 heavy (non-hydrogen) atoms. The minimum absolute atomic E-state index is 0.0651. The molecule has 2 aromatic carbocycles. The lowest BCUT2D eigenvalue weighted by Crippen LogP contribution is -2.48. The summed E-state index contributed by atoms with van der Waals surface area (Å²) in [6.07, 6.45) is 0. The number of nitro benzene ring substituents is 1. The van der Waals surface area contributed by atoms with Crippen molar-refractivity contribution >= 4 is 32.2 Å². The van der Waals surface area contributed by atoms with E-state index in [1.807, 2.05) is 34.5 Å². The van der Waals surface area contributed by atoms with Crippen LogP contribution in [-0.2, 0) is 10.0 Å². The maximum Gasteiger partial charge on any atom is 0.270 e. The Hall–Kier alpha value is -3.02. The van der Waals surface area contributed by atoms with Crippen molar-refractivity contribution < 1.29 is 18.1 Å². The number of hydrogen-bond donors (Lipinski definition) is 0. The van der Waals surface area contributed by atoms with Crippen molar-refractivity contribution in [3.05, 3.63) is 64.0 Å². The summed E-state index contributed by atoms with van der Waals surface area (Å²) in [5.41, 5.74) is 1.55. The first kappa shape index (κ1) is 21.2. The summed E-state index contributed by atoms with van der Waals surface area (Å²) in [7, 11) is -2.18. The number of sulfonamides is 1. The molecule has 0 bridgehead atoms. The van der Waals surface area contributed by atoms with Crippen LogP contribution in [0.3, 0.4) is 0 Å². The van der Waals surface area contributed by atoms with Gasteiger partial charge < -0.3 is 9.64 Å². The van der Waals surface area contributed by atoms with E-state index in [9.17, 15) is 18.5 Å². The van der Waals surface area contributed by atoms with Crippen LogP contribution in [0, 0.1) is 10.1 Å². The Balaban J connectivity index is 1.46. The van der Waals surface area contributed by atoms with E-state index in [0.717, 1.165) is 28.2 Å². The first-order valence-corrected chi connectivity index (χ1v) is 11.8. The number of nitro groups is 1. The molecular weight excluding hydrogens is 440 g/mol. The van der Waals surface area contributed by atoms with Crippen LogP contribution in [0.5, 0.6) is 5.75 Å². The van der Waals surface area contributed by atoms with Gasteiger partial charge in [0, 0.05) is 49.3 Å². The fraction of sp³-hybridized carbons (Fsp3) is 0.250. The number of piperazine rings is 1. The van der Waals surface area contributed by atoms with Gasteiger partial charge in [-0.25, -0.2) is 13.4 Å². The molecule has 1 aromatic heterocycles. The molecule has 0 unspecified atom stereocenters. The zero-order chi connectivity index (χ0) is 22.0. The monoisotopic (exact) mass is 460 g/mol. The molecular formula is C20H20N4O5S2. The summed E-state index contributed by atoms with van der Waals surface area (Å²) in [6.45, 7) is 1.52. The lowest BCUT2D eigenvalue weighted by atomic mass is 10.2. The lowest BCUT2D eigenvalue weighted by molar-refractivity contribution is -0.385. The maximum atomic E-state index is 12.9. The van der Waals surface area contributed by atoms with Crippen LogP contribution < -0.4 is 9.64 Å². The van der Waals surface area contributed by atoms with E-state index in [1.165, 1.54) is 33.8 Å². The van der Waals surface area contributed by atoms with Crippen LogP contribution in [0.1, 0.15) is 0 Å². The maximum absolute atomic E-state index is 12.9. The van der Waals surface area contributed by atoms with Gasteiger partial charge in [-0.3, -0.25) is 10.1 Å². The number of aromatic nitrogens is 1. The second kappa shape index (κ2) is 8.61. The van der Waals surface area contributed by atoms with Gasteiger partial charge in [-0.05, 0) is 18.2 Å². The highest BCUT2D eigenvalue weighted by Gasteiger charge is 2.30. The van der Waals surface area contributed by atoms with Gasteiger partial charge in [0.1, 0.15) is 5.75 Å². The van der Waals surface area contributed by atoms with E-state index in [4.69, 9.17) is 9.72 Å². The van der Waals surface area contributed by atoms with Gasteiger partial charge in [0.25, 0.3) is 5.69 Å². The average Bonchev–Trinajstić information content (AvgIpc) is 3.30. The third-order valence-electron chi connectivity index (χ3n) is 5.03. The Labute approximate surface area is 183 Å². The molecule has 0 aliphatic carbocycles. The Kier molecular flexibility index (Phi) is 5.90. The third kappa shape index (κ3) is 4.38. The van der Waals surface area contributed by atoms with Gasteiger partial charge >= 0.3 is 0 Å². The van der Waals surface area contributed by atoms with Crippen LogP contribution in [0.4, 0.5) is 10.8 Å². The van der Waals surface area contributed by atoms with E-state index in [2.05, 4.69) is 0 Å². The van der Waals surface area contributed by atoms with Gasteiger partial charge in [-0.1, -0.05) is 18.2 Å². The predicted molar refractivity (Wildman–Crippen MR) is 118 cm³/mol. The highest BCUT2D eigenvalue weighted by Crippen LogP contribution is 2.30. The lowest BCUT2D eigenvalue weighted by Gasteiger charge is -2.33. The minimum Gasteiger partial charge on any atom is -0.497 e. The standard InChI is InChI=1S/C20H20N4O5S2/c1-29-17-6-2-4-15(12-17)19-14-30-20(21-19)22-8-10-23(11-9-22)31(27,28)18-7-3-5-16(13-18)24(25)26/h2-7,12-14H,8-11H2,1H3. The zero-order valence-electron chi connectivity index (χ0n) is 16.7. The molecule has 9 nitrogen and oxygen atoms in total. The fourth-order valence-electron chi connectivity index (χ4n) is 3.35. The van der Waals surface area contributed by atoms with E-state index in [-0.39, 0.29) is 23.7 Å². The van der Waals surface area contributed by atoms with Gasteiger partial charge in [0.2, 0.25) is 10.0 Å². The summed E-state index contributed by atoms with van der Waals surface area (Å²) >= 11 is 1.51. The predicted octanol–water partition coefficient (Wildman–Crippen LogP) is 3.24. The summed E-state index contributed by atoms with van der Waals surface area (Å²) in [4.78, 5) is 17.1. The molecule has 0 atom stereocenters. The van der Waals surface area contributed by atoms with Crippen molar-refractivity contribution in [3.63, 3.8) is 0 Å². The highest BCUT2D eigenvalue weighted by molar-refractivity contribution is 7.89. The quantitative estimate of drug-likeness (QED) is 0.411. The Morgan fingerprint density at radius 1 is 1.10 bits per heavy atom. The second-order valence-electron chi connectivity index (χ2n) is 6.89. The van der Waals surface area contributed by atoms with Crippen molar-refractivity contribution in [2.24, 2.45) is 0 Å². The molecule has 2 heterocycles. The molecule has 11 heteroatoms. The summed E-state index contributed by atoms with van der Waals surface area (Å²) in [5, 5.41) is 13.8. The number of methoxy groups -OCH3 is 1. The molecule has 3 aromatic rings. The number of thiazole rings is 1. The molecule has 162 valence electrons. The van der Waals surface area contributed by atoms with Crippen molar-refractivity contribution in [2.75, 3.05) is 38.2 Å². The largest absolute Gasteiger partial charge is 0.497 e. The topological polar surface area (TPSA) is 106 Å². The molecule has 4 rings (SSSR count). The number of nitrogens with zero attached hydrogens (tertiary/aromatic N) is 4. The molecule has 1 aliphatic heterocycles. The van der Waals surface area contributed by atoms with Crippen LogP contribution in [0.15, 0.2) is 58.8 Å². The highest BCUT2D eigenvalue weighted by atomic mass is 32.2. The minimum atomic E-state index is -3.80. The van der Waals surface area contributed by atoms with Crippen LogP contribution >= 0.6 is 11.3 Å². The molecule has 0 saturated carbocycles. The molecule has 0 N–H and O–H groups in total. The second-order valence-corrected chi connectivity index (χ2v) is 9.67. The van der Waals surface area contributed by atoms with Crippen LogP contribution in [0.2, 0.25) is 0 Å². The smallest absolute Gasteiger partial charge is 0.270 e. The molecule has 0 amide bonds. The molecule has 1 saturated heterocycles. The van der Waals surface area contributed by atoms with Crippen LogP contribution in [-0.4, -0.2) is 55.9 Å². The van der Waals surface area contributed by atoms with Crippen molar-refractivity contribution in [3.8, 4) is 17.0 Å². The Bertz CT molecular complexity index is 1200. The summed E-state index contributed by atoms with van der Waals surface area (Å²) in [5.74, 6) is 0.756. The van der Waals surface area contributed by atoms with Crippen LogP contribution in [0.25, 0.3) is 11.3 Å². The van der Waals surface area contributed by atoms with E-state index < -0.39 is 14.9 Å². The zero-order valence-corrected chi connectivity index (χ0v) is 18.3. The van der Waals surface area contributed by atoms with Crippen molar-refractivity contribution in [1.82, 2.24) is 9.29 Å². The average molecular weight is 461 g/mol. The summed E-state index contributed by atoms with van der Waals surface area (Å²) in [6, 6.07) is 12.8. The number of hydrogen-bond acceptors (Lipinski definition) is 8. The normalized spacial score (nSPS) is 15.1. The number of benzene rings is 2. The molecule has 0 spiro atoms. The SMILES string of the molecule is COc1cccc(-c2csc(N3CCN(S(=O)(=O)c4cccc([N+](=O)[O-])c4)CC3)n2)c1. The molecule has 0 radical (unpaired) electrons. The van der Waals surface area contributed by atoms with Gasteiger partial charge in [-0.2, -0.15) is 4.31 Å². The van der Waals surface area contributed by atoms with Crippen molar-refractivity contribution in [2.45, 2.75) is 4.90 Å². The number of rotatable bonds is 6. The number of non-ortho nitro benzene ring substituents is 1. The van der Waals surface area contributed by atoms with E-state index in [0.29, 0.717) is 13.1 Å². The van der Waals surface area contributed by atoms with Gasteiger partial charge in [0.05, 0.1) is 22.6 Å². The first-order chi connectivity index (χ1) is 14.9. The number of ether oxygens (including phenoxy) is 1. The third-order valence-corrected chi connectivity index (χ3v) is 7.83. The Morgan fingerprint density at radius 3 is 2.55 bits per heavy atom. The van der Waals surface area contributed by atoms with E-state index in [1.54, 1.807) is 7.11 Å². The van der Waals surface area contributed by atoms with E-state index >= 15 is 0 Å². The Morgan fingerprint density at radius 2 is 1.84 bits per heavy atom. The van der Waals surface area contributed by atoms with Gasteiger partial charge in [0.15, 0.2) is 5.13 Å². The van der Waals surface area contributed by atoms with Gasteiger partial charge in [-0.15, -0.1) is 11.3 Å². The van der Waals surface area contributed by atoms with Crippen molar-refractivity contribution in [1.29, 1.82) is 0 Å². The first-order valence-electron chi connectivity index (χ1n) is 9.48. The molecule has 1 aliphatic rings. The number of anilines is 1. The molecule has 1 fully saturated rings. The fourth-order valence-corrected chi connectivity index (χ4v) is 5.70.